The average molecular weight is 322 g/mol. The Morgan fingerprint density at radius 2 is 1.78 bits per heavy atom. The third kappa shape index (κ3) is 5.11. The third-order valence-corrected chi connectivity index (χ3v) is 3.23. The Morgan fingerprint density at radius 3 is 2.22 bits per heavy atom. The van der Waals surface area contributed by atoms with Crippen LogP contribution < -0.4 is 5.32 Å². The van der Waals surface area contributed by atoms with E-state index in [2.05, 4.69) is 10.3 Å². The van der Waals surface area contributed by atoms with E-state index in [0.717, 1.165) is 0 Å². The number of Topliss-reactive ketones (excluding diaryl/α,β-unsaturated/α-hetero) is 1. The van der Waals surface area contributed by atoms with Crippen LogP contribution in [0.4, 0.5) is 0 Å². The first-order chi connectivity index (χ1) is 10.8. The van der Waals surface area contributed by atoms with Gasteiger partial charge in [0.05, 0.1) is 6.54 Å². The molecule has 0 radical (unpaired) electrons. The normalized spacial score (nSPS) is 12.0. The second kappa shape index (κ2) is 8.17. The molecule has 0 fully saturated rings. The number of nitrogens with zero attached hydrogens (tertiary/aromatic N) is 1. The van der Waals surface area contributed by atoms with Crippen LogP contribution in [0.15, 0.2) is 24.5 Å². The second-order valence-electron chi connectivity index (χ2n) is 6.12. The van der Waals surface area contributed by atoms with Crippen LogP contribution in [0, 0.1) is 5.41 Å². The monoisotopic (exact) mass is 322 g/mol. The Balaban J connectivity index is 2.98. The summed E-state index contributed by atoms with van der Waals surface area (Å²) in [7, 11) is 0. The number of nitrogens with one attached hydrogen (secondary N) is 1. The number of aromatic nitrogens is 1. The lowest BCUT2D eigenvalue weighted by Crippen LogP contribution is -2.48. The summed E-state index contributed by atoms with van der Waals surface area (Å²) in [5.41, 5.74) is -0.0506. The third-order valence-electron chi connectivity index (χ3n) is 3.23. The fraction of sp³-hybridized carbons (Fsp3) is 0.588. The lowest BCUT2D eigenvalue weighted by atomic mass is 9.90. The van der Waals surface area contributed by atoms with Gasteiger partial charge in [-0.2, -0.15) is 0 Å². The molecule has 6 nitrogen and oxygen atoms in total. The van der Waals surface area contributed by atoms with Crippen LogP contribution in [-0.4, -0.2) is 36.4 Å². The van der Waals surface area contributed by atoms with Crippen molar-refractivity contribution < 1.29 is 19.1 Å². The molecule has 0 aliphatic rings. The summed E-state index contributed by atoms with van der Waals surface area (Å²) in [5, 5.41) is 2.63. The predicted molar refractivity (Wildman–Crippen MR) is 86.6 cm³/mol. The fourth-order valence-corrected chi connectivity index (χ4v) is 2.08. The molecule has 0 bridgehead atoms. The number of carbonyl (C=O) groups excluding carboxylic acids is 2. The Morgan fingerprint density at radius 1 is 1.17 bits per heavy atom. The van der Waals surface area contributed by atoms with Crippen LogP contribution in [-0.2, 0) is 24.8 Å². The number of carbonyl (C=O) groups is 2. The van der Waals surface area contributed by atoms with Crippen LogP contribution in [0.2, 0.25) is 0 Å². The molecule has 6 heteroatoms. The van der Waals surface area contributed by atoms with Crippen molar-refractivity contribution in [3.8, 4) is 0 Å². The van der Waals surface area contributed by atoms with E-state index < -0.39 is 22.9 Å². The lowest BCUT2D eigenvalue weighted by Gasteiger charge is -2.33. The second-order valence-corrected chi connectivity index (χ2v) is 6.12. The van der Waals surface area contributed by atoms with Crippen molar-refractivity contribution in [2.75, 3.05) is 19.8 Å². The summed E-state index contributed by atoms with van der Waals surface area (Å²) < 4.78 is 11.6. The summed E-state index contributed by atoms with van der Waals surface area (Å²) >= 11 is 0. The fourth-order valence-electron chi connectivity index (χ4n) is 2.08. The van der Waals surface area contributed by atoms with Crippen LogP contribution in [0.3, 0.4) is 0 Å². The van der Waals surface area contributed by atoms with Crippen molar-refractivity contribution >= 4 is 11.7 Å². The van der Waals surface area contributed by atoms with Crippen LogP contribution in [0.5, 0.6) is 0 Å². The van der Waals surface area contributed by atoms with Crippen molar-refractivity contribution in [3.05, 3.63) is 30.1 Å². The number of hydrogen-bond acceptors (Lipinski definition) is 5. The minimum absolute atomic E-state index is 0.0288. The topological polar surface area (TPSA) is 77.5 Å². The maximum Gasteiger partial charge on any atom is 0.288 e. The van der Waals surface area contributed by atoms with Gasteiger partial charge in [-0.1, -0.05) is 26.8 Å². The highest BCUT2D eigenvalue weighted by atomic mass is 16.7. The zero-order valence-corrected chi connectivity index (χ0v) is 14.5. The van der Waals surface area contributed by atoms with E-state index in [1.165, 1.54) is 0 Å². The number of ether oxygens (including phenoxy) is 2. The van der Waals surface area contributed by atoms with Gasteiger partial charge in [0.15, 0.2) is 0 Å². The Kier molecular flexibility index (Phi) is 6.84. The summed E-state index contributed by atoms with van der Waals surface area (Å²) in [5.74, 6) is -2.29. The molecule has 0 aliphatic heterocycles. The molecule has 1 N–H and O–H groups in total. The SMILES string of the molecule is CCOC(CNC(=O)C(=O)C(C)(C)C)(OCC)c1cccnc1. The van der Waals surface area contributed by atoms with Crippen molar-refractivity contribution in [2.24, 2.45) is 5.41 Å². The van der Waals surface area contributed by atoms with Gasteiger partial charge >= 0.3 is 0 Å². The van der Waals surface area contributed by atoms with Gasteiger partial charge < -0.3 is 14.8 Å². The maximum absolute atomic E-state index is 12.1. The van der Waals surface area contributed by atoms with E-state index in [-0.39, 0.29) is 6.54 Å². The minimum atomic E-state index is -1.16. The number of pyridine rings is 1. The van der Waals surface area contributed by atoms with Gasteiger partial charge in [-0.3, -0.25) is 14.6 Å². The molecule has 1 heterocycles. The molecule has 0 atom stereocenters. The van der Waals surface area contributed by atoms with E-state index in [9.17, 15) is 9.59 Å². The first-order valence-corrected chi connectivity index (χ1v) is 7.78. The summed E-state index contributed by atoms with van der Waals surface area (Å²) in [6.45, 7) is 9.59. The number of ketones is 1. The van der Waals surface area contributed by atoms with Gasteiger partial charge in [-0.25, -0.2) is 0 Å². The molecule has 0 aliphatic carbocycles. The van der Waals surface area contributed by atoms with E-state index in [1.54, 1.807) is 39.2 Å². The summed E-state index contributed by atoms with van der Waals surface area (Å²) in [6, 6.07) is 3.58. The van der Waals surface area contributed by atoms with Crippen molar-refractivity contribution in [2.45, 2.75) is 40.4 Å². The van der Waals surface area contributed by atoms with E-state index in [0.29, 0.717) is 18.8 Å². The number of rotatable bonds is 8. The summed E-state index contributed by atoms with van der Waals surface area (Å²) in [4.78, 5) is 28.2. The quantitative estimate of drug-likeness (QED) is 0.585. The molecule has 0 unspecified atom stereocenters. The molecule has 128 valence electrons. The molecule has 23 heavy (non-hydrogen) atoms. The van der Waals surface area contributed by atoms with Gasteiger partial charge in [-0.05, 0) is 19.9 Å². The van der Waals surface area contributed by atoms with Gasteiger partial charge in [-0.15, -0.1) is 0 Å². The van der Waals surface area contributed by atoms with Crippen LogP contribution in [0.1, 0.15) is 40.2 Å². The standard InChI is InChI=1S/C17H26N2O4/c1-6-22-17(23-7-2,13-9-8-10-18-11-13)12-19-15(21)14(20)16(3,4)5/h8-11H,6-7,12H2,1-5H3,(H,19,21). The minimum Gasteiger partial charge on any atom is -0.345 e. The molecule has 1 aromatic heterocycles. The van der Waals surface area contributed by atoms with Crippen molar-refractivity contribution in [1.82, 2.24) is 10.3 Å². The van der Waals surface area contributed by atoms with Gasteiger partial charge in [0.1, 0.15) is 0 Å². The predicted octanol–water partition coefficient (Wildman–Crippen LogP) is 2.04. The smallest absolute Gasteiger partial charge is 0.288 e. The van der Waals surface area contributed by atoms with E-state index in [1.807, 2.05) is 19.9 Å². The van der Waals surface area contributed by atoms with Crippen LogP contribution >= 0.6 is 0 Å². The highest BCUT2D eigenvalue weighted by Crippen LogP contribution is 2.26. The zero-order valence-electron chi connectivity index (χ0n) is 14.5. The largest absolute Gasteiger partial charge is 0.345 e. The molecule has 1 rings (SSSR count). The van der Waals surface area contributed by atoms with Crippen molar-refractivity contribution in [1.29, 1.82) is 0 Å². The highest BCUT2D eigenvalue weighted by Gasteiger charge is 2.36. The van der Waals surface area contributed by atoms with Gasteiger partial charge in [0, 0.05) is 36.6 Å². The lowest BCUT2D eigenvalue weighted by molar-refractivity contribution is -0.239. The van der Waals surface area contributed by atoms with Gasteiger partial charge in [0.2, 0.25) is 11.6 Å². The Bertz CT molecular complexity index is 517. The first kappa shape index (κ1) is 19.3. The molecule has 1 aromatic rings. The van der Waals surface area contributed by atoms with E-state index >= 15 is 0 Å². The summed E-state index contributed by atoms with van der Waals surface area (Å²) in [6.07, 6.45) is 3.27. The zero-order chi connectivity index (χ0) is 17.5. The average Bonchev–Trinajstić information content (AvgIpc) is 2.52. The Hall–Kier alpha value is -1.79. The molecule has 0 spiro atoms. The Labute approximate surface area is 137 Å². The van der Waals surface area contributed by atoms with E-state index in [4.69, 9.17) is 9.47 Å². The highest BCUT2D eigenvalue weighted by molar-refractivity contribution is 6.37. The molecule has 0 aromatic carbocycles. The van der Waals surface area contributed by atoms with Crippen LogP contribution in [0.25, 0.3) is 0 Å². The number of hydrogen-bond donors (Lipinski definition) is 1. The van der Waals surface area contributed by atoms with Gasteiger partial charge in [0.25, 0.3) is 5.91 Å². The molecular formula is C17H26N2O4. The first-order valence-electron chi connectivity index (χ1n) is 7.78. The molecule has 0 saturated carbocycles. The molecular weight excluding hydrogens is 296 g/mol. The molecule has 0 saturated heterocycles. The number of amides is 1. The molecule has 1 amide bonds. The maximum atomic E-state index is 12.1. The van der Waals surface area contributed by atoms with Crippen molar-refractivity contribution in [3.63, 3.8) is 0 Å².